The van der Waals surface area contributed by atoms with Gasteiger partial charge in [0.15, 0.2) is 0 Å². The molecule has 0 aliphatic carbocycles. The lowest BCUT2D eigenvalue weighted by Gasteiger charge is -2.37. The summed E-state index contributed by atoms with van der Waals surface area (Å²) in [7, 11) is -3.26. The van der Waals surface area contributed by atoms with Crippen LogP contribution in [0.4, 0.5) is 0 Å². The van der Waals surface area contributed by atoms with Crippen LogP contribution in [-0.2, 0) is 26.2 Å². The summed E-state index contributed by atoms with van der Waals surface area (Å²) in [5.41, 5.74) is 0. The van der Waals surface area contributed by atoms with Gasteiger partial charge in [-0.2, -0.15) is 5.10 Å². The minimum atomic E-state index is -3.26. The summed E-state index contributed by atoms with van der Waals surface area (Å²) in [5, 5.41) is 13.0. The van der Waals surface area contributed by atoms with Gasteiger partial charge in [0.05, 0.1) is 5.75 Å². The van der Waals surface area contributed by atoms with E-state index in [1.165, 1.54) is 13.9 Å². The summed E-state index contributed by atoms with van der Waals surface area (Å²) >= 11 is 0. The van der Waals surface area contributed by atoms with Gasteiger partial charge in [0.25, 0.3) is 0 Å². The second-order valence-corrected chi connectivity index (χ2v) is 7.91. The number of aliphatic carboxylic acids is 1. The Morgan fingerprint density at radius 1 is 1.33 bits per heavy atom. The lowest BCUT2D eigenvalue weighted by atomic mass is 10.0. The van der Waals surface area contributed by atoms with Gasteiger partial charge < -0.3 is 10.0 Å². The van der Waals surface area contributed by atoms with Gasteiger partial charge in [0, 0.05) is 31.5 Å². The van der Waals surface area contributed by atoms with Gasteiger partial charge in [-0.25, -0.2) is 12.7 Å². The zero-order chi connectivity index (χ0) is 17.7. The molecule has 1 aliphatic rings. The molecule has 0 radical (unpaired) electrons. The monoisotopic (exact) mass is 358 g/mol. The van der Waals surface area contributed by atoms with Crippen molar-refractivity contribution in [2.75, 3.05) is 25.4 Å². The zero-order valence-electron chi connectivity index (χ0n) is 13.5. The van der Waals surface area contributed by atoms with Crippen LogP contribution in [0.1, 0.15) is 19.8 Å². The maximum atomic E-state index is 12.4. The van der Waals surface area contributed by atoms with Crippen LogP contribution in [0.3, 0.4) is 0 Å². The van der Waals surface area contributed by atoms with Gasteiger partial charge in [0.2, 0.25) is 15.9 Å². The molecule has 1 aromatic heterocycles. The molecule has 1 saturated heterocycles. The van der Waals surface area contributed by atoms with E-state index in [2.05, 4.69) is 5.10 Å². The fourth-order valence-electron chi connectivity index (χ4n) is 2.80. The van der Waals surface area contributed by atoms with Crippen LogP contribution in [0, 0.1) is 0 Å². The number of rotatable bonds is 7. The van der Waals surface area contributed by atoms with E-state index in [4.69, 9.17) is 5.11 Å². The Bertz CT molecular complexity index is 665. The van der Waals surface area contributed by atoms with Crippen molar-refractivity contribution in [2.24, 2.45) is 0 Å². The Morgan fingerprint density at radius 3 is 2.50 bits per heavy atom. The number of nitrogens with zero attached hydrogens (tertiary/aromatic N) is 4. The van der Waals surface area contributed by atoms with Gasteiger partial charge in [-0.15, -0.1) is 0 Å². The van der Waals surface area contributed by atoms with Crippen LogP contribution >= 0.6 is 0 Å². The normalized spacial score (nSPS) is 16.9. The summed E-state index contributed by atoms with van der Waals surface area (Å²) in [4.78, 5) is 24.9. The Labute approximate surface area is 140 Å². The maximum absolute atomic E-state index is 12.4. The fraction of sp³-hybridized carbons (Fsp3) is 0.643. The SMILES string of the molecule is CCS(=O)(=O)N1CCC(N(CC(=O)O)C(=O)Cn2cccn2)CC1. The van der Waals surface area contributed by atoms with Crippen LogP contribution in [0.5, 0.6) is 0 Å². The van der Waals surface area contributed by atoms with E-state index >= 15 is 0 Å². The number of carboxylic acids is 1. The molecule has 0 aromatic carbocycles. The van der Waals surface area contributed by atoms with Crippen LogP contribution in [0.2, 0.25) is 0 Å². The topological polar surface area (TPSA) is 113 Å². The number of carbonyl (C=O) groups excluding carboxylic acids is 1. The van der Waals surface area contributed by atoms with Crippen LogP contribution < -0.4 is 0 Å². The number of sulfonamides is 1. The van der Waals surface area contributed by atoms with E-state index in [1.54, 1.807) is 25.4 Å². The zero-order valence-corrected chi connectivity index (χ0v) is 14.4. The van der Waals surface area contributed by atoms with Gasteiger partial charge in [-0.05, 0) is 25.8 Å². The summed E-state index contributed by atoms with van der Waals surface area (Å²) < 4.78 is 26.6. The van der Waals surface area contributed by atoms with Crippen molar-refractivity contribution in [2.45, 2.75) is 32.4 Å². The predicted octanol–water partition coefficient (Wildman–Crippen LogP) is -0.390. The van der Waals surface area contributed by atoms with E-state index < -0.39 is 22.5 Å². The molecule has 0 saturated carbocycles. The third-order valence-corrected chi connectivity index (χ3v) is 5.99. The smallest absolute Gasteiger partial charge is 0.323 e. The first-order valence-electron chi connectivity index (χ1n) is 7.80. The van der Waals surface area contributed by atoms with Gasteiger partial charge >= 0.3 is 5.97 Å². The van der Waals surface area contributed by atoms with Crippen LogP contribution in [0.15, 0.2) is 18.5 Å². The first-order chi connectivity index (χ1) is 11.3. The lowest BCUT2D eigenvalue weighted by molar-refractivity contribution is -0.147. The third kappa shape index (κ3) is 4.54. The largest absolute Gasteiger partial charge is 0.480 e. The number of hydrogen-bond acceptors (Lipinski definition) is 5. The van der Waals surface area contributed by atoms with Crippen molar-refractivity contribution in [3.05, 3.63) is 18.5 Å². The molecule has 0 spiro atoms. The standard InChI is InChI=1S/C14H22N4O5S/c1-2-24(22,23)17-8-4-12(5-9-17)18(11-14(20)21)13(19)10-16-7-3-6-15-16/h3,6-7,12H,2,4-5,8-11H2,1H3,(H,20,21). The number of hydrogen-bond donors (Lipinski definition) is 1. The average Bonchev–Trinajstić information content (AvgIpc) is 3.05. The van der Waals surface area contributed by atoms with Crippen molar-refractivity contribution in [3.63, 3.8) is 0 Å². The number of carboxylic acid groups (broad SMARTS) is 1. The highest BCUT2D eigenvalue weighted by atomic mass is 32.2. The number of carbonyl (C=O) groups is 2. The molecule has 2 rings (SSSR count). The highest BCUT2D eigenvalue weighted by Gasteiger charge is 2.32. The molecule has 1 N–H and O–H groups in total. The van der Waals surface area contributed by atoms with Gasteiger partial charge in [-0.1, -0.05) is 0 Å². The van der Waals surface area contributed by atoms with Gasteiger partial charge in [-0.3, -0.25) is 14.3 Å². The number of amides is 1. The Morgan fingerprint density at radius 2 is 2.00 bits per heavy atom. The summed E-state index contributed by atoms with van der Waals surface area (Å²) in [6, 6.07) is 1.40. The Balaban J connectivity index is 2.03. The summed E-state index contributed by atoms with van der Waals surface area (Å²) in [5.74, 6) is -1.39. The van der Waals surface area contributed by atoms with E-state index in [-0.39, 0.29) is 24.2 Å². The first kappa shape index (κ1) is 18.4. The molecule has 1 fully saturated rings. The second kappa shape index (κ2) is 7.75. The van der Waals surface area contributed by atoms with E-state index in [0.29, 0.717) is 25.9 Å². The molecule has 10 heteroatoms. The molecule has 9 nitrogen and oxygen atoms in total. The van der Waals surface area contributed by atoms with Crippen molar-refractivity contribution in [3.8, 4) is 0 Å². The molecule has 0 bridgehead atoms. The maximum Gasteiger partial charge on any atom is 0.323 e. The molecule has 24 heavy (non-hydrogen) atoms. The van der Waals surface area contributed by atoms with Crippen molar-refractivity contribution in [1.82, 2.24) is 19.0 Å². The number of piperidine rings is 1. The van der Waals surface area contributed by atoms with E-state index in [0.717, 1.165) is 0 Å². The molecule has 0 atom stereocenters. The van der Waals surface area contributed by atoms with Crippen LogP contribution in [0.25, 0.3) is 0 Å². The second-order valence-electron chi connectivity index (χ2n) is 5.65. The van der Waals surface area contributed by atoms with E-state index in [1.807, 2.05) is 0 Å². The molecule has 134 valence electrons. The predicted molar refractivity (Wildman–Crippen MR) is 85.6 cm³/mol. The highest BCUT2D eigenvalue weighted by molar-refractivity contribution is 7.89. The minimum Gasteiger partial charge on any atom is -0.480 e. The summed E-state index contributed by atoms with van der Waals surface area (Å²) in [6.45, 7) is 1.75. The summed E-state index contributed by atoms with van der Waals surface area (Å²) in [6.07, 6.45) is 4.03. The molecule has 1 aromatic rings. The number of aromatic nitrogens is 2. The fourth-order valence-corrected chi connectivity index (χ4v) is 3.94. The quantitative estimate of drug-likeness (QED) is 0.710. The Kier molecular flexibility index (Phi) is 5.94. The molecule has 0 unspecified atom stereocenters. The average molecular weight is 358 g/mol. The molecule has 1 aliphatic heterocycles. The first-order valence-corrected chi connectivity index (χ1v) is 9.41. The van der Waals surface area contributed by atoms with Gasteiger partial charge in [0.1, 0.15) is 13.1 Å². The minimum absolute atomic E-state index is 0.0340. The highest BCUT2D eigenvalue weighted by Crippen LogP contribution is 2.19. The molecular formula is C14H22N4O5S. The molecular weight excluding hydrogens is 336 g/mol. The molecule has 1 amide bonds. The Hall–Kier alpha value is -1.94. The van der Waals surface area contributed by atoms with Crippen LogP contribution in [-0.4, -0.2) is 75.8 Å². The van der Waals surface area contributed by atoms with Crippen molar-refractivity contribution < 1.29 is 23.1 Å². The lowest BCUT2D eigenvalue weighted by Crippen LogP contribution is -2.51. The third-order valence-electron chi connectivity index (χ3n) is 4.10. The van der Waals surface area contributed by atoms with Crippen molar-refractivity contribution >= 4 is 21.9 Å². The molecule has 2 heterocycles. The van der Waals surface area contributed by atoms with E-state index in [9.17, 15) is 18.0 Å². The van der Waals surface area contributed by atoms with Crippen molar-refractivity contribution in [1.29, 1.82) is 0 Å².